The van der Waals surface area contributed by atoms with Crippen molar-refractivity contribution >= 4 is 11.7 Å². The molecule has 0 aromatic heterocycles. The van der Waals surface area contributed by atoms with E-state index in [1.807, 2.05) is 6.07 Å². The smallest absolute Gasteiger partial charge is 0.319 e. The number of rotatable bonds is 7. The first-order chi connectivity index (χ1) is 13.7. The van der Waals surface area contributed by atoms with Crippen molar-refractivity contribution in [3.63, 3.8) is 0 Å². The average Bonchev–Trinajstić information content (AvgIpc) is 2.72. The van der Waals surface area contributed by atoms with Crippen molar-refractivity contribution in [2.75, 3.05) is 38.1 Å². The van der Waals surface area contributed by atoms with Crippen LogP contribution in [0.5, 0.6) is 0 Å². The molecule has 6 heteroatoms. The summed E-state index contributed by atoms with van der Waals surface area (Å²) in [4.78, 5) is 14.4. The Bertz CT molecular complexity index is 804. The third kappa shape index (κ3) is 6.38. The van der Waals surface area contributed by atoms with Gasteiger partial charge in [0.25, 0.3) is 0 Å². The molecule has 2 amide bonds. The van der Waals surface area contributed by atoms with E-state index < -0.39 is 0 Å². The fourth-order valence-corrected chi connectivity index (χ4v) is 3.33. The standard InChI is InChI=1S/C22H26N4O2/c23-16-19-8-4-9-20(14-19)25-22(27)24-10-5-11-26-12-13-28-21(17-26)15-18-6-2-1-3-7-18/h1-4,6-9,14,21H,5,10-13,15,17H2,(H2,24,25,27). The highest BCUT2D eigenvalue weighted by atomic mass is 16.5. The maximum Gasteiger partial charge on any atom is 0.319 e. The summed E-state index contributed by atoms with van der Waals surface area (Å²) >= 11 is 0. The minimum Gasteiger partial charge on any atom is -0.375 e. The summed E-state index contributed by atoms with van der Waals surface area (Å²) in [7, 11) is 0. The first kappa shape index (κ1) is 19.9. The van der Waals surface area contributed by atoms with E-state index in [4.69, 9.17) is 10.00 Å². The Morgan fingerprint density at radius 3 is 2.89 bits per heavy atom. The number of nitrogens with zero attached hydrogens (tertiary/aromatic N) is 2. The number of benzene rings is 2. The maximum atomic E-state index is 12.0. The molecule has 146 valence electrons. The molecule has 1 aliphatic heterocycles. The molecule has 0 saturated carbocycles. The highest BCUT2D eigenvalue weighted by Crippen LogP contribution is 2.12. The lowest BCUT2D eigenvalue weighted by molar-refractivity contribution is -0.0277. The summed E-state index contributed by atoms with van der Waals surface area (Å²) in [5.74, 6) is 0. The van der Waals surface area contributed by atoms with Gasteiger partial charge in [0.05, 0.1) is 24.3 Å². The average molecular weight is 378 g/mol. The number of nitrogens with one attached hydrogen (secondary N) is 2. The van der Waals surface area contributed by atoms with E-state index >= 15 is 0 Å². The second-order valence-electron chi connectivity index (χ2n) is 6.91. The van der Waals surface area contributed by atoms with Crippen LogP contribution in [0.25, 0.3) is 0 Å². The number of morpholine rings is 1. The monoisotopic (exact) mass is 378 g/mol. The molecule has 0 aliphatic carbocycles. The summed E-state index contributed by atoms with van der Waals surface area (Å²) in [5, 5.41) is 14.5. The van der Waals surface area contributed by atoms with Crippen molar-refractivity contribution < 1.29 is 9.53 Å². The molecule has 0 radical (unpaired) electrons. The van der Waals surface area contributed by atoms with Crippen molar-refractivity contribution in [2.45, 2.75) is 18.9 Å². The number of ether oxygens (including phenoxy) is 1. The number of nitriles is 1. The van der Waals surface area contributed by atoms with Crippen LogP contribution < -0.4 is 10.6 Å². The molecule has 28 heavy (non-hydrogen) atoms. The summed E-state index contributed by atoms with van der Waals surface area (Å²) in [6.07, 6.45) is 2.03. The topological polar surface area (TPSA) is 77.4 Å². The van der Waals surface area contributed by atoms with E-state index in [-0.39, 0.29) is 12.1 Å². The molecule has 3 rings (SSSR count). The molecule has 1 fully saturated rings. The van der Waals surface area contributed by atoms with Gasteiger partial charge in [-0.3, -0.25) is 4.90 Å². The Morgan fingerprint density at radius 2 is 2.07 bits per heavy atom. The van der Waals surface area contributed by atoms with Gasteiger partial charge in [0.1, 0.15) is 0 Å². The zero-order chi connectivity index (χ0) is 19.6. The SMILES string of the molecule is N#Cc1cccc(NC(=O)NCCCN2CCOC(Cc3ccccc3)C2)c1. The summed E-state index contributed by atoms with van der Waals surface area (Å²) < 4.78 is 5.90. The van der Waals surface area contributed by atoms with E-state index in [0.717, 1.165) is 39.1 Å². The summed E-state index contributed by atoms with van der Waals surface area (Å²) in [5.41, 5.74) is 2.44. The van der Waals surface area contributed by atoms with Gasteiger partial charge in [0.2, 0.25) is 0 Å². The molecule has 1 saturated heterocycles. The number of hydrogen-bond donors (Lipinski definition) is 2. The van der Waals surface area contributed by atoms with Crippen molar-refractivity contribution in [1.29, 1.82) is 5.26 Å². The van der Waals surface area contributed by atoms with Gasteiger partial charge in [-0.05, 0) is 36.6 Å². The van der Waals surface area contributed by atoms with Gasteiger partial charge >= 0.3 is 6.03 Å². The number of carbonyl (C=O) groups excluding carboxylic acids is 1. The van der Waals surface area contributed by atoms with Gasteiger partial charge < -0.3 is 15.4 Å². The van der Waals surface area contributed by atoms with E-state index in [0.29, 0.717) is 17.8 Å². The number of anilines is 1. The predicted octanol–water partition coefficient (Wildman–Crippen LogP) is 3.01. The molecule has 6 nitrogen and oxygen atoms in total. The van der Waals surface area contributed by atoms with Gasteiger partial charge in [-0.15, -0.1) is 0 Å². The van der Waals surface area contributed by atoms with Crippen molar-refractivity contribution in [3.05, 3.63) is 65.7 Å². The number of carbonyl (C=O) groups is 1. The van der Waals surface area contributed by atoms with Crippen LogP contribution in [0.15, 0.2) is 54.6 Å². The lowest BCUT2D eigenvalue weighted by Gasteiger charge is -2.33. The van der Waals surface area contributed by atoms with Crippen LogP contribution in [0.1, 0.15) is 17.5 Å². The first-order valence-corrected chi connectivity index (χ1v) is 9.66. The van der Waals surface area contributed by atoms with E-state index in [1.54, 1.807) is 24.3 Å². The molecule has 1 aliphatic rings. The molecule has 1 atom stereocenters. The minimum absolute atomic E-state index is 0.222. The van der Waals surface area contributed by atoms with Crippen LogP contribution in [0.2, 0.25) is 0 Å². The molecule has 2 aromatic rings. The van der Waals surface area contributed by atoms with Crippen molar-refractivity contribution in [2.24, 2.45) is 0 Å². The molecule has 1 heterocycles. The normalized spacial score (nSPS) is 16.9. The zero-order valence-corrected chi connectivity index (χ0v) is 15.9. The number of hydrogen-bond acceptors (Lipinski definition) is 4. The minimum atomic E-state index is -0.251. The van der Waals surface area contributed by atoms with Crippen molar-refractivity contribution in [1.82, 2.24) is 10.2 Å². The summed E-state index contributed by atoms with van der Waals surface area (Å²) in [6.45, 7) is 4.13. The molecule has 2 aromatic carbocycles. The zero-order valence-electron chi connectivity index (χ0n) is 15.9. The Labute approximate surface area is 166 Å². The van der Waals surface area contributed by atoms with Crippen LogP contribution in [0, 0.1) is 11.3 Å². The van der Waals surface area contributed by atoms with Crippen molar-refractivity contribution in [3.8, 4) is 6.07 Å². The molecule has 1 unspecified atom stereocenters. The Balaban J connectivity index is 1.34. The number of amides is 2. The van der Waals surface area contributed by atoms with Crippen LogP contribution in [-0.4, -0.2) is 49.8 Å². The molecular weight excluding hydrogens is 352 g/mol. The third-order valence-corrected chi connectivity index (χ3v) is 4.72. The Kier molecular flexibility index (Phi) is 7.42. The second-order valence-corrected chi connectivity index (χ2v) is 6.91. The quantitative estimate of drug-likeness (QED) is 0.726. The largest absolute Gasteiger partial charge is 0.375 e. The highest BCUT2D eigenvalue weighted by molar-refractivity contribution is 5.89. The first-order valence-electron chi connectivity index (χ1n) is 9.66. The van der Waals surface area contributed by atoms with Gasteiger partial charge in [-0.2, -0.15) is 5.26 Å². The molecule has 2 N–H and O–H groups in total. The highest BCUT2D eigenvalue weighted by Gasteiger charge is 2.20. The molecular formula is C22H26N4O2. The van der Waals surface area contributed by atoms with Gasteiger partial charge in [0.15, 0.2) is 0 Å². The van der Waals surface area contributed by atoms with Gasteiger partial charge in [0, 0.05) is 31.9 Å². The van der Waals surface area contributed by atoms with E-state index in [9.17, 15) is 4.79 Å². The lowest BCUT2D eigenvalue weighted by atomic mass is 10.1. The lowest BCUT2D eigenvalue weighted by Crippen LogP contribution is -2.44. The maximum absolute atomic E-state index is 12.0. The van der Waals surface area contributed by atoms with Gasteiger partial charge in [-0.1, -0.05) is 36.4 Å². The fraction of sp³-hybridized carbons (Fsp3) is 0.364. The van der Waals surface area contributed by atoms with Crippen LogP contribution in [0.3, 0.4) is 0 Å². The number of urea groups is 1. The van der Waals surface area contributed by atoms with Crippen LogP contribution in [-0.2, 0) is 11.2 Å². The molecule has 0 spiro atoms. The van der Waals surface area contributed by atoms with E-state index in [2.05, 4.69) is 45.9 Å². The summed E-state index contributed by atoms with van der Waals surface area (Å²) in [6, 6.07) is 19.1. The Hall–Kier alpha value is -2.88. The predicted molar refractivity (Wildman–Crippen MR) is 109 cm³/mol. The second kappa shape index (κ2) is 10.5. The van der Waals surface area contributed by atoms with Crippen LogP contribution in [0.4, 0.5) is 10.5 Å². The van der Waals surface area contributed by atoms with Crippen LogP contribution >= 0.6 is 0 Å². The van der Waals surface area contributed by atoms with E-state index in [1.165, 1.54) is 5.56 Å². The third-order valence-electron chi connectivity index (χ3n) is 4.72. The van der Waals surface area contributed by atoms with Gasteiger partial charge in [-0.25, -0.2) is 4.79 Å². The fourth-order valence-electron chi connectivity index (χ4n) is 3.33. The Morgan fingerprint density at radius 1 is 1.21 bits per heavy atom. The molecule has 0 bridgehead atoms.